The van der Waals surface area contributed by atoms with Gasteiger partial charge in [0.15, 0.2) is 0 Å². The molecule has 1 unspecified atom stereocenters. The Bertz CT molecular complexity index is 396. The van der Waals surface area contributed by atoms with Gasteiger partial charge in [-0.25, -0.2) is 0 Å². The van der Waals surface area contributed by atoms with Crippen LogP contribution in [0.5, 0.6) is 0 Å². The summed E-state index contributed by atoms with van der Waals surface area (Å²) in [5.74, 6) is 2.01. The number of hydrogen-bond donors (Lipinski definition) is 1. The summed E-state index contributed by atoms with van der Waals surface area (Å²) in [6.45, 7) is 3.14. The Kier molecular flexibility index (Phi) is 2.95. The molecule has 2 aliphatic carbocycles. The molecule has 3 atom stereocenters. The standard InChI is InChI=1S/C14H23N3/c1-10-12(9-16-17(10)2)8-15-14-7-11-5-3-4-6-13(11)14/h9,11,13-15H,3-8H2,1-2H3/t11-,13-,14?/m0/s1. The zero-order valence-electron chi connectivity index (χ0n) is 10.9. The first-order valence-corrected chi connectivity index (χ1v) is 6.96. The average Bonchev–Trinajstić information content (AvgIpc) is 2.62. The van der Waals surface area contributed by atoms with Crippen molar-refractivity contribution in [1.29, 1.82) is 0 Å². The molecule has 0 bridgehead atoms. The van der Waals surface area contributed by atoms with Crippen LogP contribution in [0.2, 0.25) is 0 Å². The third kappa shape index (κ3) is 2.01. The summed E-state index contributed by atoms with van der Waals surface area (Å²) in [5, 5.41) is 8.03. The van der Waals surface area contributed by atoms with Gasteiger partial charge in [-0.05, 0) is 31.6 Å². The Hall–Kier alpha value is -0.830. The van der Waals surface area contributed by atoms with Crippen LogP contribution in [-0.4, -0.2) is 15.8 Å². The maximum Gasteiger partial charge on any atom is 0.0537 e. The molecule has 1 aromatic rings. The fourth-order valence-electron chi connectivity index (χ4n) is 3.56. The molecule has 2 saturated carbocycles. The van der Waals surface area contributed by atoms with Crippen LogP contribution in [-0.2, 0) is 13.6 Å². The molecule has 0 amide bonds. The van der Waals surface area contributed by atoms with Crippen molar-refractivity contribution in [2.24, 2.45) is 18.9 Å². The zero-order chi connectivity index (χ0) is 11.8. The van der Waals surface area contributed by atoms with Crippen molar-refractivity contribution in [3.63, 3.8) is 0 Å². The number of nitrogens with one attached hydrogen (secondary N) is 1. The summed E-state index contributed by atoms with van der Waals surface area (Å²) in [7, 11) is 2.01. The SMILES string of the molecule is Cc1c(CNC2C[C@@H]3CCCC[C@H]23)cnn1C. The lowest BCUT2D eigenvalue weighted by atomic mass is 9.62. The Labute approximate surface area is 104 Å². The van der Waals surface area contributed by atoms with Crippen molar-refractivity contribution in [2.75, 3.05) is 0 Å². The van der Waals surface area contributed by atoms with Crippen LogP contribution < -0.4 is 5.32 Å². The molecule has 0 aromatic carbocycles. The Morgan fingerprint density at radius 2 is 2.24 bits per heavy atom. The summed E-state index contributed by atoms with van der Waals surface area (Å²) >= 11 is 0. The van der Waals surface area contributed by atoms with E-state index in [-0.39, 0.29) is 0 Å². The topological polar surface area (TPSA) is 29.9 Å². The molecule has 1 aromatic heterocycles. The van der Waals surface area contributed by atoms with Gasteiger partial charge in [0.25, 0.3) is 0 Å². The molecule has 3 rings (SSSR count). The van der Waals surface area contributed by atoms with Gasteiger partial charge in [-0.15, -0.1) is 0 Å². The monoisotopic (exact) mass is 233 g/mol. The van der Waals surface area contributed by atoms with E-state index >= 15 is 0 Å². The lowest BCUT2D eigenvalue weighted by molar-refractivity contribution is 0.0589. The minimum absolute atomic E-state index is 0.778. The molecule has 0 aliphatic heterocycles. The van der Waals surface area contributed by atoms with Crippen LogP contribution in [0.1, 0.15) is 43.4 Å². The van der Waals surface area contributed by atoms with Gasteiger partial charge in [-0.2, -0.15) is 5.10 Å². The molecule has 1 heterocycles. The third-order valence-electron chi connectivity index (χ3n) is 4.93. The molecule has 2 fully saturated rings. The maximum atomic E-state index is 4.30. The lowest BCUT2D eigenvalue weighted by Crippen LogP contribution is -2.51. The summed E-state index contributed by atoms with van der Waals surface area (Å²) in [6.07, 6.45) is 9.26. The van der Waals surface area contributed by atoms with Gasteiger partial charge in [0.2, 0.25) is 0 Å². The first-order valence-electron chi connectivity index (χ1n) is 6.96. The van der Waals surface area contributed by atoms with Gasteiger partial charge in [-0.3, -0.25) is 4.68 Å². The summed E-state index contributed by atoms with van der Waals surface area (Å²) in [6, 6.07) is 0.778. The highest BCUT2D eigenvalue weighted by Crippen LogP contribution is 2.45. The minimum atomic E-state index is 0.778. The van der Waals surface area contributed by atoms with Gasteiger partial charge in [0.05, 0.1) is 6.20 Å². The van der Waals surface area contributed by atoms with Crippen molar-refractivity contribution < 1.29 is 0 Å². The van der Waals surface area contributed by atoms with Crippen LogP contribution in [0.25, 0.3) is 0 Å². The highest BCUT2D eigenvalue weighted by Gasteiger charge is 2.41. The van der Waals surface area contributed by atoms with E-state index in [4.69, 9.17) is 0 Å². The van der Waals surface area contributed by atoms with Crippen LogP contribution in [0.15, 0.2) is 6.20 Å². The molecule has 3 heteroatoms. The Morgan fingerprint density at radius 3 is 2.94 bits per heavy atom. The number of rotatable bonds is 3. The van der Waals surface area contributed by atoms with Crippen molar-refractivity contribution in [2.45, 2.75) is 51.6 Å². The zero-order valence-corrected chi connectivity index (χ0v) is 10.9. The summed E-state index contributed by atoms with van der Waals surface area (Å²) in [4.78, 5) is 0. The largest absolute Gasteiger partial charge is 0.310 e. The highest BCUT2D eigenvalue weighted by atomic mass is 15.3. The van der Waals surface area contributed by atoms with Crippen LogP contribution in [0, 0.1) is 18.8 Å². The van der Waals surface area contributed by atoms with Crippen molar-refractivity contribution >= 4 is 0 Å². The lowest BCUT2D eigenvalue weighted by Gasteiger charge is -2.48. The van der Waals surface area contributed by atoms with E-state index < -0.39 is 0 Å². The van der Waals surface area contributed by atoms with E-state index in [1.165, 1.54) is 43.4 Å². The number of aromatic nitrogens is 2. The molecule has 3 nitrogen and oxygen atoms in total. The average molecular weight is 233 g/mol. The smallest absolute Gasteiger partial charge is 0.0537 e. The van der Waals surface area contributed by atoms with Crippen LogP contribution in [0.3, 0.4) is 0 Å². The number of aryl methyl sites for hydroxylation is 1. The van der Waals surface area contributed by atoms with E-state index in [1.54, 1.807) is 0 Å². The molecular formula is C14H23N3. The van der Waals surface area contributed by atoms with Crippen LogP contribution >= 0.6 is 0 Å². The van der Waals surface area contributed by atoms with E-state index in [9.17, 15) is 0 Å². The fourth-order valence-corrected chi connectivity index (χ4v) is 3.56. The minimum Gasteiger partial charge on any atom is -0.310 e. The van der Waals surface area contributed by atoms with Gasteiger partial charge < -0.3 is 5.32 Å². The second-order valence-electron chi connectivity index (χ2n) is 5.81. The normalized spacial score (nSPS) is 32.0. The second-order valence-corrected chi connectivity index (χ2v) is 5.81. The van der Waals surface area contributed by atoms with Gasteiger partial charge in [0, 0.05) is 30.9 Å². The number of fused-ring (bicyclic) bond motifs is 1. The van der Waals surface area contributed by atoms with Crippen molar-refractivity contribution in [3.05, 3.63) is 17.5 Å². The predicted molar refractivity (Wildman–Crippen MR) is 68.6 cm³/mol. The molecule has 0 radical (unpaired) electrons. The van der Waals surface area contributed by atoms with E-state index in [0.717, 1.165) is 24.4 Å². The fraction of sp³-hybridized carbons (Fsp3) is 0.786. The predicted octanol–water partition coefficient (Wildman–Crippen LogP) is 2.40. The van der Waals surface area contributed by atoms with Crippen LogP contribution in [0.4, 0.5) is 0 Å². The van der Waals surface area contributed by atoms with Gasteiger partial charge in [0.1, 0.15) is 0 Å². The van der Waals surface area contributed by atoms with E-state index in [1.807, 2.05) is 17.9 Å². The second kappa shape index (κ2) is 4.45. The third-order valence-corrected chi connectivity index (χ3v) is 4.93. The molecular weight excluding hydrogens is 210 g/mol. The molecule has 2 aliphatic rings. The van der Waals surface area contributed by atoms with Gasteiger partial charge >= 0.3 is 0 Å². The Balaban J connectivity index is 1.54. The van der Waals surface area contributed by atoms with E-state index in [0.29, 0.717) is 0 Å². The number of nitrogens with zero attached hydrogens (tertiary/aromatic N) is 2. The first kappa shape index (κ1) is 11.3. The number of hydrogen-bond acceptors (Lipinski definition) is 2. The molecule has 1 N–H and O–H groups in total. The molecule has 17 heavy (non-hydrogen) atoms. The highest BCUT2D eigenvalue weighted by molar-refractivity contribution is 5.15. The summed E-state index contributed by atoms with van der Waals surface area (Å²) < 4.78 is 1.96. The first-order chi connectivity index (χ1) is 8.25. The van der Waals surface area contributed by atoms with Gasteiger partial charge in [-0.1, -0.05) is 19.3 Å². The van der Waals surface area contributed by atoms with Crippen molar-refractivity contribution in [1.82, 2.24) is 15.1 Å². The molecule has 94 valence electrons. The summed E-state index contributed by atoms with van der Waals surface area (Å²) in [5.41, 5.74) is 2.64. The molecule has 0 saturated heterocycles. The van der Waals surface area contributed by atoms with E-state index in [2.05, 4.69) is 17.3 Å². The Morgan fingerprint density at radius 1 is 1.41 bits per heavy atom. The quantitative estimate of drug-likeness (QED) is 0.869. The molecule has 0 spiro atoms. The van der Waals surface area contributed by atoms with Crippen molar-refractivity contribution in [3.8, 4) is 0 Å². The maximum absolute atomic E-state index is 4.30.